The number of carboxylic acids is 1. The molecule has 0 bridgehead atoms. The Morgan fingerprint density at radius 1 is 1.11 bits per heavy atom. The fraction of sp³-hybridized carbons (Fsp3) is 0.300. The molecule has 0 saturated heterocycles. The van der Waals surface area contributed by atoms with Crippen molar-refractivity contribution in [2.75, 3.05) is 25.7 Å². The van der Waals surface area contributed by atoms with Crippen LogP contribution < -0.4 is 14.4 Å². The standard InChI is InChI=1S/C20H23NO6/c1-14(26-12-15-5-4-6-18(11-15)25-3)20(24)21(2)16-7-9-17(10-8-16)27-13-19(22)23/h4-11,14H,12-13H2,1-3H3,(H,22,23). The highest BCUT2D eigenvalue weighted by Gasteiger charge is 2.19. The lowest BCUT2D eigenvalue weighted by Gasteiger charge is -2.22. The van der Waals surface area contributed by atoms with Crippen molar-refractivity contribution in [1.82, 2.24) is 0 Å². The summed E-state index contributed by atoms with van der Waals surface area (Å²) in [4.78, 5) is 24.6. The van der Waals surface area contributed by atoms with Gasteiger partial charge in [0.1, 0.15) is 17.6 Å². The minimum atomic E-state index is -1.05. The van der Waals surface area contributed by atoms with Gasteiger partial charge in [-0.25, -0.2) is 4.79 Å². The molecule has 0 aliphatic carbocycles. The molecule has 0 aliphatic heterocycles. The van der Waals surface area contributed by atoms with Crippen LogP contribution in [0.15, 0.2) is 48.5 Å². The molecule has 144 valence electrons. The second kappa shape index (κ2) is 9.59. The fourth-order valence-corrected chi connectivity index (χ4v) is 2.37. The van der Waals surface area contributed by atoms with Gasteiger partial charge in [-0.05, 0) is 48.9 Å². The zero-order valence-corrected chi connectivity index (χ0v) is 15.5. The highest BCUT2D eigenvalue weighted by molar-refractivity contribution is 5.95. The van der Waals surface area contributed by atoms with Gasteiger partial charge in [-0.2, -0.15) is 0 Å². The first-order valence-corrected chi connectivity index (χ1v) is 8.37. The van der Waals surface area contributed by atoms with Crippen molar-refractivity contribution in [2.24, 2.45) is 0 Å². The molecule has 0 aromatic heterocycles. The van der Waals surface area contributed by atoms with E-state index in [2.05, 4.69) is 0 Å². The lowest BCUT2D eigenvalue weighted by molar-refractivity contribution is -0.139. The number of amides is 1. The first-order valence-electron chi connectivity index (χ1n) is 8.37. The largest absolute Gasteiger partial charge is 0.497 e. The van der Waals surface area contributed by atoms with Gasteiger partial charge in [0.2, 0.25) is 0 Å². The van der Waals surface area contributed by atoms with Gasteiger partial charge in [-0.3, -0.25) is 4.79 Å². The first-order chi connectivity index (χ1) is 12.9. The number of carbonyl (C=O) groups is 2. The van der Waals surface area contributed by atoms with Crippen molar-refractivity contribution in [3.63, 3.8) is 0 Å². The van der Waals surface area contributed by atoms with E-state index in [1.165, 1.54) is 4.90 Å². The SMILES string of the molecule is COc1cccc(COC(C)C(=O)N(C)c2ccc(OCC(=O)O)cc2)c1. The second-order valence-corrected chi connectivity index (χ2v) is 5.88. The molecule has 0 radical (unpaired) electrons. The summed E-state index contributed by atoms with van der Waals surface area (Å²) in [6, 6.07) is 14.1. The summed E-state index contributed by atoms with van der Waals surface area (Å²) in [7, 11) is 3.25. The van der Waals surface area contributed by atoms with Crippen LogP contribution in [0.1, 0.15) is 12.5 Å². The Kier molecular flexibility index (Phi) is 7.19. The normalized spacial score (nSPS) is 11.5. The van der Waals surface area contributed by atoms with Crippen molar-refractivity contribution in [1.29, 1.82) is 0 Å². The zero-order chi connectivity index (χ0) is 19.8. The van der Waals surface area contributed by atoms with E-state index in [0.717, 1.165) is 11.3 Å². The number of hydrogen-bond acceptors (Lipinski definition) is 5. The highest BCUT2D eigenvalue weighted by Crippen LogP contribution is 2.20. The molecule has 0 fully saturated rings. The fourth-order valence-electron chi connectivity index (χ4n) is 2.37. The predicted molar refractivity (Wildman–Crippen MR) is 100 cm³/mol. The summed E-state index contributed by atoms with van der Waals surface area (Å²) < 4.78 is 15.9. The van der Waals surface area contributed by atoms with Gasteiger partial charge in [-0.1, -0.05) is 12.1 Å². The minimum Gasteiger partial charge on any atom is -0.497 e. The molecule has 1 atom stereocenters. The van der Waals surface area contributed by atoms with Gasteiger partial charge in [0.05, 0.1) is 13.7 Å². The predicted octanol–water partition coefficient (Wildman–Crippen LogP) is 2.73. The number of nitrogens with zero attached hydrogens (tertiary/aromatic N) is 1. The van der Waals surface area contributed by atoms with Crippen LogP contribution in [0.5, 0.6) is 11.5 Å². The van der Waals surface area contributed by atoms with Gasteiger partial charge in [0, 0.05) is 12.7 Å². The van der Waals surface area contributed by atoms with Gasteiger partial charge < -0.3 is 24.2 Å². The van der Waals surface area contributed by atoms with Gasteiger partial charge in [0.15, 0.2) is 6.61 Å². The third-order valence-corrected chi connectivity index (χ3v) is 3.90. The maximum atomic E-state index is 12.6. The van der Waals surface area contributed by atoms with Gasteiger partial charge >= 0.3 is 5.97 Å². The van der Waals surface area contributed by atoms with Gasteiger partial charge in [-0.15, -0.1) is 0 Å². The van der Waals surface area contributed by atoms with Crippen LogP contribution in [0.4, 0.5) is 5.69 Å². The van der Waals surface area contributed by atoms with Crippen LogP contribution in [0.3, 0.4) is 0 Å². The van der Waals surface area contributed by atoms with E-state index >= 15 is 0 Å². The van der Waals surface area contributed by atoms with E-state index in [-0.39, 0.29) is 5.91 Å². The van der Waals surface area contributed by atoms with Crippen LogP contribution in [0.2, 0.25) is 0 Å². The van der Waals surface area contributed by atoms with E-state index in [1.807, 2.05) is 24.3 Å². The van der Waals surface area contributed by atoms with Gasteiger partial charge in [0.25, 0.3) is 5.91 Å². The Balaban J connectivity index is 1.91. The molecule has 0 heterocycles. The average molecular weight is 373 g/mol. The molecule has 2 rings (SSSR count). The molecule has 27 heavy (non-hydrogen) atoms. The quantitative estimate of drug-likeness (QED) is 0.727. The van der Waals surface area contributed by atoms with E-state index in [1.54, 1.807) is 45.3 Å². The summed E-state index contributed by atoms with van der Waals surface area (Å²) in [5.41, 5.74) is 1.57. The van der Waals surface area contributed by atoms with Crippen molar-refractivity contribution in [3.8, 4) is 11.5 Å². The van der Waals surface area contributed by atoms with Crippen molar-refractivity contribution < 1.29 is 28.9 Å². The number of methoxy groups -OCH3 is 1. The average Bonchev–Trinajstić information content (AvgIpc) is 2.69. The Bertz CT molecular complexity index is 774. The monoisotopic (exact) mass is 373 g/mol. The first kappa shape index (κ1) is 20.3. The van der Waals surface area contributed by atoms with E-state index in [4.69, 9.17) is 19.3 Å². The molecule has 0 saturated carbocycles. The molecule has 1 N–H and O–H groups in total. The lowest BCUT2D eigenvalue weighted by Crippen LogP contribution is -2.36. The Morgan fingerprint density at radius 3 is 2.44 bits per heavy atom. The summed E-state index contributed by atoms with van der Waals surface area (Å²) >= 11 is 0. The summed E-state index contributed by atoms with van der Waals surface area (Å²) in [6.45, 7) is 1.58. The number of benzene rings is 2. The molecule has 7 nitrogen and oxygen atoms in total. The molecular weight excluding hydrogens is 350 g/mol. The van der Waals surface area contributed by atoms with Crippen molar-refractivity contribution >= 4 is 17.6 Å². The molecule has 2 aromatic rings. The van der Waals surface area contributed by atoms with E-state index in [0.29, 0.717) is 18.0 Å². The third kappa shape index (κ3) is 6.00. The Labute approximate surface area is 158 Å². The number of hydrogen-bond donors (Lipinski definition) is 1. The lowest BCUT2D eigenvalue weighted by atomic mass is 10.2. The topological polar surface area (TPSA) is 85.3 Å². The summed E-state index contributed by atoms with van der Waals surface area (Å²) in [6.07, 6.45) is -0.635. The number of carbonyl (C=O) groups excluding carboxylic acids is 1. The zero-order valence-electron chi connectivity index (χ0n) is 15.5. The highest BCUT2D eigenvalue weighted by atomic mass is 16.5. The van der Waals surface area contributed by atoms with Crippen LogP contribution >= 0.6 is 0 Å². The number of carboxylic acid groups (broad SMARTS) is 1. The number of aliphatic carboxylic acids is 1. The smallest absolute Gasteiger partial charge is 0.341 e. The van der Waals surface area contributed by atoms with E-state index in [9.17, 15) is 9.59 Å². The number of anilines is 1. The maximum absolute atomic E-state index is 12.6. The van der Waals surface area contributed by atoms with Crippen molar-refractivity contribution in [3.05, 3.63) is 54.1 Å². The Morgan fingerprint density at radius 2 is 1.81 bits per heavy atom. The maximum Gasteiger partial charge on any atom is 0.341 e. The summed E-state index contributed by atoms with van der Waals surface area (Å²) in [5.74, 6) is -0.0905. The molecule has 2 aromatic carbocycles. The van der Waals surface area contributed by atoms with Crippen LogP contribution in [0.25, 0.3) is 0 Å². The molecule has 1 amide bonds. The van der Waals surface area contributed by atoms with Crippen molar-refractivity contribution in [2.45, 2.75) is 19.6 Å². The minimum absolute atomic E-state index is 0.197. The molecule has 1 unspecified atom stereocenters. The molecule has 0 spiro atoms. The Hall–Kier alpha value is -3.06. The van der Waals surface area contributed by atoms with Crippen LogP contribution in [-0.2, 0) is 20.9 Å². The van der Waals surface area contributed by atoms with Crippen LogP contribution in [-0.4, -0.2) is 43.9 Å². The number of likely N-dealkylation sites (N-methyl/N-ethyl adjacent to an activating group) is 1. The number of rotatable bonds is 9. The van der Waals surface area contributed by atoms with Crippen LogP contribution in [0, 0.1) is 0 Å². The molecule has 0 aliphatic rings. The second-order valence-electron chi connectivity index (χ2n) is 5.88. The molecular formula is C20H23NO6. The number of ether oxygens (including phenoxy) is 3. The third-order valence-electron chi connectivity index (χ3n) is 3.90. The van der Waals surface area contributed by atoms with E-state index < -0.39 is 18.7 Å². The molecule has 7 heteroatoms. The summed E-state index contributed by atoms with van der Waals surface area (Å²) in [5, 5.41) is 8.61.